The van der Waals surface area contributed by atoms with Crippen LogP contribution in [0.15, 0.2) is 24.5 Å². The molecule has 3 rings (SSSR count). The number of pyridine rings is 2. The molecule has 1 aliphatic rings. The predicted octanol–water partition coefficient (Wildman–Crippen LogP) is 10.1. The van der Waals surface area contributed by atoms with Gasteiger partial charge < -0.3 is 32.3 Å². The molecule has 10 atom stereocenters. The van der Waals surface area contributed by atoms with E-state index >= 15 is 0 Å². The lowest BCUT2D eigenvalue weighted by atomic mass is 10.0. The molecule has 0 unspecified atom stereocenters. The third kappa shape index (κ3) is 24.8. The fourth-order valence-electron chi connectivity index (χ4n) is 5.01. The molecule has 24 heteroatoms. The summed E-state index contributed by atoms with van der Waals surface area (Å²) in [5, 5.41) is 21.5. The van der Waals surface area contributed by atoms with Crippen LogP contribution in [0.3, 0.4) is 0 Å². The van der Waals surface area contributed by atoms with Crippen LogP contribution in [0.25, 0.3) is 0 Å². The highest BCUT2D eigenvalue weighted by atomic mass is 35.5. The van der Waals surface area contributed by atoms with E-state index in [9.17, 15) is 61.9 Å². The summed E-state index contributed by atoms with van der Waals surface area (Å²) >= 11 is 0. The van der Waals surface area contributed by atoms with E-state index in [0.29, 0.717) is 50.7 Å². The van der Waals surface area contributed by atoms with Crippen LogP contribution in [0.4, 0.5) is 73.5 Å². The summed E-state index contributed by atoms with van der Waals surface area (Å²) in [6.45, 7) is 13.8. The molecule has 2 aromatic rings. The van der Waals surface area contributed by atoms with Gasteiger partial charge in [-0.1, -0.05) is 55.4 Å². The maximum absolute atomic E-state index is 13.7. The minimum Gasteiger partial charge on any atom is -0.396 e. The van der Waals surface area contributed by atoms with Crippen molar-refractivity contribution in [3.05, 3.63) is 47.3 Å². The number of nitrogens with zero attached hydrogens (tertiary/aromatic N) is 3. The van der Waals surface area contributed by atoms with Crippen molar-refractivity contribution in [2.75, 3.05) is 43.1 Å². The normalized spacial score (nSPS) is 17.7. The Morgan fingerprint density at radius 3 is 1.52 bits per heavy atom. The number of nitrogens with two attached hydrogens (primary N) is 2. The zero-order valence-corrected chi connectivity index (χ0v) is 38.6. The third-order valence-corrected chi connectivity index (χ3v) is 9.67. The number of rotatable bonds is 17. The van der Waals surface area contributed by atoms with Gasteiger partial charge in [0.15, 0.2) is 23.3 Å². The second-order valence-electron chi connectivity index (χ2n) is 14.9. The van der Waals surface area contributed by atoms with E-state index in [1.165, 1.54) is 0 Å². The number of carbonyl (C=O) groups is 1. The molecule has 3 heterocycles. The van der Waals surface area contributed by atoms with E-state index in [-0.39, 0.29) is 74.8 Å². The molecule has 1 aliphatic heterocycles. The van der Waals surface area contributed by atoms with Crippen molar-refractivity contribution in [1.29, 1.82) is 0 Å². The predicted molar refractivity (Wildman–Crippen MR) is 228 cm³/mol. The molecule has 0 bridgehead atoms. The molecule has 0 radical (unpaired) electrons. The van der Waals surface area contributed by atoms with E-state index < -0.39 is 89.9 Å². The Labute approximate surface area is 379 Å². The van der Waals surface area contributed by atoms with Gasteiger partial charge in [0.1, 0.15) is 30.9 Å². The van der Waals surface area contributed by atoms with E-state index in [1.54, 1.807) is 41.5 Å². The number of aromatic nitrogens is 2. The Balaban J connectivity index is -0.000000795. The molecular formula is C41H67ClF13N7O3. The minimum absolute atomic E-state index is 0. The number of alkyl halides is 11. The van der Waals surface area contributed by atoms with Crippen LogP contribution >= 0.6 is 12.4 Å². The van der Waals surface area contributed by atoms with Crippen molar-refractivity contribution < 1.29 is 72.1 Å². The van der Waals surface area contributed by atoms with Crippen molar-refractivity contribution in [2.24, 2.45) is 29.2 Å². The highest BCUT2D eigenvalue weighted by Crippen LogP contribution is 2.32. The van der Waals surface area contributed by atoms with Gasteiger partial charge in [0.25, 0.3) is 0 Å². The van der Waals surface area contributed by atoms with E-state index in [0.717, 1.165) is 4.90 Å². The standard InChI is InChI=1S/C12H12F5N3O.C12H15F5N2.C6H14FN.C6H13FO.C5H12FNO.ClH/c1-2-7(13)9-5-20(11(21)19-9)10-8(14)3-6(4-18-10)12(15,16)17;1-3-9(13)7(2)5-18-11-10(14)4-8(6-19-11)12(15,16)17;2*1-3-6(7)5(2)4-8;1-2-4(6)5(7)3-8;/h3-4,7,9H,2,5H2,1H3,(H,19,21);4,6-7,9H,3,5H2,1-2H3,(H,18,19);5-6H,3-4,8H2,1-2H3;5-6,8H,3-4H2,1-2H3;4-5,8H,2-3,7H2,1H3;1H/t2*7-,9+;2*5-,6+;4-,5+;/m01110./s1. The Bertz CT molecular complexity index is 1510. The lowest BCUT2D eigenvalue weighted by Crippen LogP contribution is -2.34. The largest absolute Gasteiger partial charge is 0.417 e. The van der Waals surface area contributed by atoms with Gasteiger partial charge in [-0.05, 0) is 56.7 Å². The number of halogens is 14. The van der Waals surface area contributed by atoms with Crippen LogP contribution in [0.5, 0.6) is 0 Å². The third-order valence-electron chi connectivity index (χ3n) is 9.67. The van der Waals surface area contributed by atoms with Gasteiger partial charge in [0.2, 0.25) is 0 Å². The smallest absolute Gasteiger partial charge is 0.396 e. The number of hydrogen-bond donors (Lipinski definition) is 6. The van der Waals surface area contributed by atoms with Crippen molar-refractivity contribution in [2.45, 2.75) is 143 Å². The summed E-state index contributed by atoms with van der Waals surface area (Å²) < 4.78 is 165. The summed E-state index contributed by atoms with van der Waals surface area (Å²) in [6, 6.07) is -1.70. The first-order chi connectivity index (χ1) is 29.6. The zero-order chi connectivity index (χ0) is 50.1. The van der Waals surface area contributed by atoms with E-state index in [4.69, 9.17) is 21.7 Å². The first kappa shape index (κ1) is 65.9. The molecule has 0 spiro atoms. The van der Waals surface area contributed by atoms with Gasteiger partial charge in [-0.2, -0.15) is 26.3 Å². The first-order valence-corrected chi connectivity index (χ1v) is 20.8. The fourth-order valence-corrected chi connectivity index (χ4v) is 5.01. The fraction of sp³-hybridized carbons (Fsp3) is 0.732. The van der Waals surface area contributed by atoms with E-state index in [2.05, 4.69) is 20.6 Å². The topological polar surface area (TPSA) is 163 Å². The van der Waals surface area contributed by atoms with Gasteiger partial charge in [-0.15, -0.1) is 12.4 Å². The molecule has 2 aromatic heterocycles. The Hall–Kier alpha value is -3.41. The van der Waals surface area contributed by atoms with Crippen molar-refractivity contribution >= 4 is 30.1 Å². The van der Waals surface area contributed by atoms with Crippen LogP contribution in [0, 0.1) is 29.4 Å². The number of aliphatic hydroxyl groups excluding tert-OH is 2. The quantitative estimate of drug-likeness (QED) is 0.0854. The number of aliphatic hydroxyl groups is 2. The molecule has 0 saturated carbocycles. The average Bonchev–Trinajstić information content (AvgIpc) is 3.66. The Morgan fingerprint density at radius 1 is 0.738 bits per heavy atom. The Morgan fingerprint density at radius 2 is 1.18 bits per heavy atom. The van der Waals surface area contributed by atoms with Gasteiger partial charge in [0.05, 0.1) is 36.4 Å². The van der Waals surface area contributed by atoms with Crippen molar-refractivity contribution in [1.82, 2.24) is 15.3 Å². The molecule has 65 heavy (non-hydrogen) atoms. The zero-order valence-electron chi connectivity index (χ0n) is 37.8. The van der Waals surface area contributed by atoms with Gasteiger partial charge in [-0.25, -0.2) is 45.5 Å². The molecule has 0 aliphatic carbocycles. The molecule has 10 nitrogen and oxygen atoms in total. The van der Waals surface area contributed by atoms with Gasteiger partial charge >= 0.3 is 18.4 Å². The number of amides is 2. The summed E-state index contributed by atoms with van der Waals surface area (Å²) in [5.74, 6) is -3.79. The molecule has 1 saturated heterocycles. The first-order valence-electron chi connectivity index (χ1n) is 20.8. The summed E-state index contributed by atoms with van der Waals surface area (Å²) in [4.78, 5) is 19.2. The van der Waals surface area contributed by atoms with Crippen LogP contribution in [0.1, 0.15) is 98.6 Å². The number of carbonyl (C=O) groups excluding carboxylic acids is 1. The molecule has 8 N–H and O–H groups in total. The highest BCUT2D eigenvalue weighted by molar-refractivity contribution is 5.93. The SMILES string of the molecule is CC[C@H](F)[C@H](C)CN.CC[C@H](F)[C@H](C)CNc1ncc(C(F)(F)F)cc1F.CC[C@H](F)[C@H](C)CO.CC[C@H](F)[C@H](N)CO.CC[C@H](F)[C@H]1CN(c2ncc(C(F)(F)F)cc2F)C(=O)N1.Cl. The average molecular weight is 988 g/mol. The summed E-state index contributed by atoms with van der Waals surface area (Å²) in [5.41, 5.74) is 7.91. The maximum atomic E-state index is 13.7. The monoisotopic (exact) mass is 987 g/mol. The van der Waals surface area contributed by atoms with Gasteiger partial charge in [-0.3, -0.25) is 4.90 Å². The molecular weight excluding hydrogens is 921 g/mol. The minimum atomic E-state index is -4.73. The highest BCUT2D eigenvalue weighted by Gasteiger charge is 2.38. The maximum Gasteiger partial charge on any atom is 0.417 e. The second kappa shape index (κ2) is 33.1. The number of anilines is 2. The van der Waals surface area contributed by atoms with Crippen molar-refractivity contribution in [3.63, 3.8) is 0 Å². The Kier molecular flexibility index (Phi) is 33.6. The number of nitrogens with one attached hydrogen (secondary N) is 2. The second-order valence-corrected chi connectivity index (χ2v) is 14.9. The van der Waals surface area contributed by atoms with E-state index in [1.807, 2.05) is 13.8 Å². The molecule has 2 amide bonds. The van der Waals surface area contributed by atoms with Crippen LogP contribution < -0.4 is 27.0 Å². The summed E-state index contributed by atoms with van der Waals surface area (Å²) in [7, 11) is 0. The van der Waals surface area contributed by atoms with Crippen LogP contribution in [-0.2, 0) is 12.4 Å². The molecule has 1 fully saturated rings. The van der Waals surface area contributed by atoms with Crippen LogP contribution in [0.2, 0.25) is 0 Å². The lowest BCUT2D eigenvalue weighted by molar-refractivity contribution is -0.138. The van der Waals surface area contributed by atoms with Crippen LogP contribution in [-0.4, -0.2) is 102 Å². The molecule has 382 valence electrons. The lowest BCUT2D eigenvalue weighted by Gasteiger charge is -2.16. The van der Waals surface area contributed by atoms with Crippen molar-refractivity contribution in [3.8, 4) is 0 Å². The molecule has 0 aromatic carbocycles. The number of hydrogen-bond acceptors (Lipinski definition) is 8. The number of urea groups is 1. The summed E-state index contributed by atoms with van der Waals surface area (Å²) in [6.07, 6.45) is -11.4. The van der Waals surface area contributed by atoms with Gasteiger partial charge in [0, 0.05) is 37.4 Å².